The minimum absolute atomic E-state index is 0.0124. The molecule has 10 heteroatoms. The molecule has 0 aliphatic carbocycles. The normalized spacial score (nSPS) is 17.1. The third kappa shape index (κ3) is 4.02. The fourth-order valence-corrected chi connectivity index (χ4v) is 5.44. The van der Waals surface area contributed by atoms with Gasteiger partial charge in [-0.15, -0.1) is 0 Å². The largest absolute Gasteiger partial charge is 0.492 e. The zero-order chi connectivity index (χ0) is 19.5. The molecule has 0 aromatic heterocycles. The molecule has 2 rings (SSSR count). The highest BCUT2D eigenvalue weighted by molar-refractivity contribution is 7.94. The molecule has 1 aliphatic heterocycles. The van der Waals surface area contributed by atoms with E-state index in [1.165, 1.54) is 29.6 Å². The van der Waals surface area contributed by atoms with Crippen molar-refractivity contribution < 1.29 is 26.4 Å². The number of amides is 1. The Balaban J connectivity index is 2.55. The summed E-state index contributed by atoms with van der Waals surface area (Å²) in [5, 5.41) is 0. The van der Waals surface area contributed by atoms with Crippen LogP contribution >= 0.6 is 0 Å². The Hall–Kier alpha value is -1.65. The lowest BCUT2D eigenvalue weighted by atomic mass is 10.3. The second kappa shape index (κ2) is 7.93. The monoisotopic (exact) mass is 404 g/mol. The highest BCUT2D eigenvalue weighted by atomic mass is 32.2. The number of sulfonamides is 2. The highest BCUT2D eigenvalue weighted by Crippen LogP contribution is 2.34. The van der Waals surface area contributed by atoms with Gasteiger partial charge in [-0.05, 0) is 31.5 Å². The minimum atomic E-state index is -3.90. The lowest BCUT2D eigenvalue weighted by Gasteiger charge is -2.21. The Labute approximate surface area is 154 Å². The first-order chi connectivity index (χ1) is 12.1. The van der Waals surface area contributed by atoms with Gasteiger partial charge >= 0.3 is 0 Å². The molecular weight excluding hydrogens is 380 g/mol. The van der Waals surface area contributed by atoms with Crippen LogP contribution in [0.2, 0.25) is 0 Å². The van der Waals surface area contributed by atoms with Crippen LogP contribution in [0.1, 0.15) is 33.1 Å². The van der Waals surface area contributed by atoms with Gasteiger partial charge in [-0.3, -0.25) is 4.79 Å². The van der Waals surface area contributed by atoms with Crippen LogP contribution in [0.25, 0.3) is 0 Å². The number of benzene rings is 1. The molecule has 1 fully saturated rings. The quantitative estimate of drug-likeness (QED) is 0.652. The topological polar surface area (TPSA) is 101 Å². The van der Waals surface area contributed by atoms with Crippen molar-refractivity contribution in [3.05, 3.63) is 18.2 Å². The van der Waals surface area contributed by atoms with E-state index in [1.54, 1.807) is 6.92 Å². The van der Waals surface area contributed by atoms with Gasteiger partial charge in [0.1, 0.15) is 10.6 Å². The molecule has 0 radical (unpaired) electrons. The number of unbranched alkanes of at least 4 members (excludes halogenated alkanes) is 1. The second-order valence-corrected chi connectivity index (χ2v) is 9.92. The third-order valence-corrected chi connectivity index (χ3v) is 7.62. The maximum absolute atomic E-state index is 12.9. The standard InChI is InChI=1S/C16H24N2O6S2/c1-4-6-10-17(3)26(22,23)15-12-13(7-8-14(15)24-5-2)18-16(19)9-11-25(18,20)21/h7-8,12H,4-6,9-11H2,1-3H3. The van der Waals surface area contributed by atoms with Gasteiger partial charge in [0.05, 0.1) is 18.0 Å². The number of hydrogen-bond donors (Lipinski definition) is 0. The van der Waals surface area contributed by atoms with Gasteiger partial charge in [0, 0.05) is 20.0 Å². The summed E-state index contributed by atoms with van der Waals surface area (Å²) in [6.45, 7) is 4.26. The molecule has 0 bridgehead atoms. The van der Waals surface area contributed by atoms with Crippen molar-refractivity contribution in [2.75, 3.05) is 30.3 Å². The number of carbonyl (C=O) groups is 1. The molecule has 146 valence electrons. The first kappa shape index (κ1) is 20.7. The number of hydrogen-bond acceptors (Lipinski definition) is 6. The molecule has 26 heavy (non-hydrogen) atoms. The molecule has 1 saturated heterocycles. The fourth-order valence-electron chi connectivity index (χ4n) is 2.64. The average Bonchev–Trinajstić information content (AvgIpc) is 2.86. The van der Waals surface area contributed by atoms with Gasteiger partial charge < -0.3 is 4.74 Å². The highest BCUT2D eigenvalue weighted by Gasteiger charge is 2.37. The van der Waals surface area contributed by atoms with Crippen LogP contribution in [0, 0.1) is 0 Å². The van der Waals surface area contributed by atoms with Crippen LogP contribution in [-0.4, -0.2) is 53.0 Å². The number of ether oxygens (including phenoxy) is 1. The molecule has 1 aromatic carbocycles. The van der Waals surface area contributed by atoms with E-state index in [0.29, 0.717) is 17.3 Å². The zero-order valence-electron chi connectivity index (χ0n) is 15.1. The molecule has 0 N–H and O–H groups in total. The summed E-state index contributed by atoms with van der Waals surface area (Å²) < 4.78 is 57.4. The maximum atomic E-state index is 12.9. The average molecular weight is 405 g/mol. The Bertz CT molecular complexity index is 880. The summed E-state index contributed by atoms with van der Waals surface area (Å²) >= 11 is 0. The van der Waals surface area contributed by atoms with Gasteiger partial charge in [0.2, 0.25) is 26.0 Å². The molecule has 0 saturated carbocycles. The van der Waals surface area contributed by atoms with E-state index >= 15 is 0 Å². The zero-order valence-corrected chi connectivity index (χ0v) is 16.8. The van der Waals surface area contributed by atoms with Crippen LogP contribution < -0.4 is 9.04 Å². The predicted octanol–water partition coefficient (Wildman–Crippen LogP) is 1.57. The van der Waals surface area contributed by atoms with Gasteiger partial charge in [-0.25, -0.2) is 25.4 Å². The van der Waals surface area contributed by atoms with Crippen LogP contribution in [0.3, 0.4) is 0 Å². The van der Waals surface area contributed by atoms with Gasteiger partial charge in [0.25, 0.3) is 0 Å². The van der Waals surface area contributed by atoms with E-state index in [0.717, 1.165) is 6.42 Å². The van der Waals surface area contributed by atoms with Crippen molar-refractivity contribution in [2.45, 2.75) is 38.0 Å². The van der Waals surface area contributed by atoms with E-state index in [2.05, 4.69) is 0 Å². The van der Waals surface area contributed by atoms with Gasteiger partial charge in [-0.2, -0.15) is 0 Å². The van der Waals surface area contributed by atoms with E-state index in [1.807, 2.05) is 6.92 Å². The first-order valence-electron chi connectivity index (χ1n) is 8.44. The van der Waals surface area contributed by atoms with E-state index in [-0.39, 0.29) is 35.1 Å². The fraction of sp³-hybridized carbons (Fsp3) is 0.562. The number of carbonyl (C=O) groups excluding carboxylic acids is 1. The van der Waals surface area contributed by atoms with Gasteiger partial charge in [-0.1, -0.05) is 13.3 Å². The smallest absolute Gasteiger partial charge is 0.246 e. The molecule has 0 spiro atoms. The summed E-state index contributed by atoms with van der Waals surface area (Å²) in [4.78, 5) is 11.8. The Kier molecular flexibility index (Phi) is 6.30. The summed E-state index contributed by atoms with van der Waals surface area (Å²) in [5.74, 6) is -0.724. The summed E-state index contributed by atoms with van der Waals surface area (Å²) in [7, 11) is -6.21. The first-order valence-corrected chi connectivity index (χ1v) is 11.5. The number of rotatable bonds is 8. The summed E-state index contributed by atoms with van der Waals surface area (Å²) in [6, 6.07) is 3.97. The van der Waals surface area contributed by atoms with Crippen molar-refractivity contribution >= 4 is 31.6 Å². The van der Waals surface area contributed by atoms with Crippen molar-refractivity contribution in [3.8, 4) is 5.75 Å². The molecule has 0 atom stereocenters. The van der Waals surface area contributed by atoms with E-state index < -0.39 is 26.0 Å². The SMILES string of the molecule is CCCCN(C)S(=O)(=O)c1cc(N2C(=O)CCS2(=O)=O)ccc1OCC. The van der Waals surface area contributed by atoms with Crippen LogP contribution in [0.4, 0.5) is 5.69 Å². The van der Waals surface area contributed by atoms with Crippen LogP contribution in [-0.2, 0) is 24.8 Å². The second-order valence-electron chi connectivity index (χ2n) is 5.97. The van der Waals surface area contributed by atoms with Crippen molar-refractivity contribution in [1.29, 1.82) is 0 Å². The Morgan fingerprint density at radius 2 is 1.96 bits per heavy atom. The third-order valence-electron chi connectivity index (χ3n) is 4.06. The number of anilines is 1. The lowest BCUT2D eigenvalue weighted by molar-refractivity contribution is -0.116. The van der Waals surface area contributed by atoms with Crippen molar-refractivity contribution in [2.24, 2.45) is 0 Å². The van der Waals surface area contributed by atoms with Gasteiger partial charge in [0.15, 0.2) is 0 Å². The predicted molar refractivity (Wildman–Crippen MR) is 98.2 cm³/mol. The lowest BCUT2D eigenvalue weighted by Crippen LogP contribution is -2.31. The van der Waals surface area contributed by atoms with Crippen molar-refractivity contribution in [3.63, 3.8) is 0 Å². The molecule has 0 unspecified atom stereocenters. The van der Waals surface area contributed by atoms with E-state index in [4.69, 9.17) is 4.74 Å². The number of nitrogens with zero attached hydrogens (tertiary/aromatic N) is 2. The maximum Gasteiger partial charge on any atom is 0.246 e. The Morgan fingerprint density at radius 3 is 2.50 bits per heavy atom. The van der Waals surface area contributed by atoms with Crippen LogP contribution in [0.5, 0.6) is 5.75 Å². The minimum Gasteiger partial charge on any atom is -0.492 e. The van der Waals surface area contributed by atoms with Crippen molar-refractivity contribution in [1.82, 2.24) is 4.31 Å². The molecule has 8 nitrogen and oxygen atoms in total. The Morgan fingerprint density at radius 1 is 1.27 bits per heavy atom. The molecule has 1 aliphatic rings. The summed E-state index contributed by atoms with van der Waals surface area (Å²) in [6.07, 6.45) is 1.41. The molecule has 1 amide bonds. The van der Waals surface area contributed by atoms with Crippen LogP contribution in [0.15, 0.2) is 23.1 Å². The van der Waals surface area contributed by atoms with E-state index in [9.17, 15) is 21.6 Å². The molecule has 1 aromatic rings. The molecule has 1 heterocycles. The molecular formula is C16H24N2O6S2. The summed E-state index contributed by atoms with van der Waals surface area (Å²) in [5.41, 5.74) is 0.0124.